The Morgan fingerprint density at radius 3 is 2.65 bits per heavy atom. The standard InChI is InChI=1S/C11H14N2O3S/c1-6-8(17-5-12-6)9(14)13-11(2,10(15)16)7-3-4-7/h5,7H,3-4H2,1-2H3,(H,13,14)(H,15,16). The molecule has 1 amide bonds. The van der Waals surface area contributed by atoms with Crippen LogP contribution in [0.15, 0.2) is 5.51 Å². The Kier molecular flexibility index (Phi) is 2.91. The van der Waals surface area contributed by atoms with Crippen molar-refractivity contribution in [2.75, 3.05) is 0 Å². The average Bonchev–Trinajstić information content (AvgIpc) is 3.01. The molecule has 1 aromatic heterocycles. The van der Waals surface area contributed by atoms with E-state index in [-0.39, 0.29) is 11.8 Å². The van der Waals surface area contributed by atoms with Crippen molar-refractivity contribution in [3.63, 3.8) is 0 Å². The van der Waals surface area contributed by atoms with E-state index in [0.717, 1.165) is 12.8 Å². The minimum absolute atomic E-state index is 0.0391. The van der Waals surface area contributed by atoms with Crippen LogP contribution in [0.3, 0.4) is 0 Å². The monoisotopic (exact) mass is 254 g/mol. The molecule has 0 bridgehead atoms. The number of aryl methyl sites for hydroxylation is 1. The van der Waals surface area contributed by atoms with Crippen LogP contribution in [0.1, 0.15) is 35.1 Å². The van der Waals surface area contributed by atoms with E-state index in [4.69, 9.17) is 0 Å². The van der Waals surface area contributed by atoms with E-state index in [2.05, 4.69) is 10.3 Å². The number of nitrogens with one attached hydrogen (secondary N) is 1. The Balaban J connectivity index is 2.17. The summed E-state index contributed by atoms with van der Waals surface area (Å²) in [5.41, 5.74) is 1.06. The molecular formula is C11H14N2O3S. The van der Waals surface area contributed by atoms with Gasteiger partial charge in [-0.15, -0.1) is 11.3 Å². The molecule has 1 aromatic rings. The second-order valence-corrected chi connectivity index (χ2v) is 5.36. The fourth-order valence-corrected chi connectivity index (χ4v) is 2.50. The second-order valence-electron chi connectivity index (χ2n) is 4.50. The van der Waals surface area contributed by atoms with Crippen molar-refractivity contribution in [2.45, 2.75) is 32.2 Å². The highest BCUT2D eigenvalue weighted by Gasteiger charge is 2.48. The molecule has 1 fully saturated rings. The van der Waals surface area contributed by atoms with Crippen LogP contribution in [-0.2, 0) is 4.79 Å². The van der Waals surface area contributed by atoms with Gasteiger partial charge in [0.2, 0.25) is 0 Å². The zero-order valence-electron chi connectivity index (χ0n) is 9.69. The maximum absolute atomic E-state index is 12.0. The molecule has 6 heteroatoms. The first-order valence-corrected chi connectivity index (χ1v) is 6.29. The first-order chi connectivity index (χ1) is 7.95. The van der Waals surface area contributed by atoms with E-state index in [9.17, 15) is 14.7 Å². The van der Waals surface area contributed by atoms with Crippen LogP contribution in [0.2, 0.25) is 0 Å². The SMILES string of the molecule is Cc1ncsc1C(=O)NC(C)(C(=O)O)C1CC1. The molecule has 1 unspecified atom stereocenters. The molecule has 92 valence electrons. The summed E-state index contributed by atoms with van der Waals surface area (Å²) >= 11 is 1.23. The van der Waals surface area contributed by atoms with E-state index >= 15 is 0 Å². The summed E-state index contributed by atoms with van der Waals surface area (Å²) in [5, 5.41) is 11.9. The third-order valence-corrected chi connectivity index (χ3v) is 4.09. The topological polar surface area (TPSA) is 79.3 Å². The maximum Gasteiger partial charge on any atom is 0.329 e. The number of thiazole rings is 1. The lowest BCUT2D eigenvalue weighted by Gasteiger charge is -2.25. The van der Waals surface area contributed by atoms with Crippen molar-refractivity contribution < 1.29 is 14.7 Å². The lowest BCUT2D eigenvalue weighted by atomic mass is 9.96. The van der Waals surface area contributed by atoms with Crippen molar-refractivity contribution >= 4 is 23.2 Å². The number of nitrogens with zero attached hydrogens (tertiary/aromatic N) is 1. The Hall–Kier alpha value is -1.43. The number of carbonyl (C=O) groups is 2. The zero-order valence-corrected chi connectivity index (χ0v) is 10.5. The summed E-state index contributed by atoms with van der Waals surface area (Å²) in [6, 6.07) is 0. The van der Waals surface area contributed by atoms with Crippen molar-refractivity contribution in [1.82, 2.24) is 10.3 Å². The molecule has 5 nitrogen and oxygen atoms in total. The van der Waals surface area contributed by atoms with Gasteiger partial charge in [0.25, 0.3) is 5.91 Å². The Morgan fingerprint density at radius 1 is 1.59 bits per heavy atom. The van der Waals surface area contributed by atoms with Gasteiger partial charge >= 0.3 is 5.97 Å². The summed E-state index contributed by atoms with van der Waals surface area (Å²) in [5.74, 6) is -1.28. The average molecular weight is 254 g/mol. The zero-order chi connectivity index (χ0) is 12.6. The summed E-state index contributed by atoms with van der Waals surface area (Å²) in [6.07, 6.45) is 1.70. The molecule has 0 spiro atoms. The predicted molar refractivity (Wildman–Crippen MR) is 63.1 cm³/mol. The van der Waals surface area contributed by atoms with Crippen LogP contribution >= 0.6 is 11.3 Å². The van der Waals surface area contributed by atoms with E-state index in [1.165, 1.54) is 11.3 Å². The molecule has 1 aliphatic carbocycles. The number of hydrogen-bond acceptors (Lipinski definition) is 4. The summed E-state index contributed by atoms with van der Waals surface area (Å²) < 4.78 is 0. The number of aromatic nitrogens is 1. The van der Waals surface area contributed by atoms with Gasteiger partial charge in [0.1, 0.15) is 10.4 Å². The van der Waals surface area contributed by atoms with Gasteiger partial charge < -0.3 is 10.4 Å². The number of hydrogen-bond donors (Lipinski definition) is 2. The molecule has 1 atom stereocenters. The number of rotatable bonds is 4. The number of amides is 1. The van der Waals surface area contributed by atoms with Gasteiger partial charge in [-0.05, 0) is 32.6 Å². The third kappa shape index (κ3) is 2.17. The molecular weight excluding hydrogens is 240 g/mol. The summed E-state index contributed by atoms with van der Waals surface area (Å²) in [7, 11) is 0. The number of carboxylic acids is 1. The first kappa shape index (κ1) is 12.0. The van der Waals surface area contributed by atoms with Gasteiger partial charge in [0.15, 0.2) is 0 Å². The predicted octanol–water partition coefficient (Wildman–Crippen LogP) is 1.43. The maximum atomic E-state index is 12.0. The van der Waals surface area contributed by atoms with Crippen molar-refractivity contribution in [3.05, 3.63) is 16.1 Å². The van der Waals surface area contributed by atoms with E-state index in [1.807, 2.05) is 0 Å². The highest BCUT2D eigenvalue weighted by Crippen LogP contribution is 2.40. The van der Waals surface area contributed by atoms with Crippen molar-refractivity contribution in [1.29, 1.82) is 0 Å². The number of carboxylic acid groups (broad SMARTS) is 1. The largest absolute Gasteiger partial charge is 0.480 e. The van der Waals surface area contributed by atoms with Crippen LogP contribution in [0.25, 0.3) is 0 Å². The Labute approximate surface area is 103 Å². The highest BCUT2D eigenvalue weighted by atomic mass is 32.1. The summed E-state index contributed by atoms with van der Waals surface area (Å²) in [4.78, 5) is 27.7. The minimum atomic E-state index is -1.16. The second kappa shape index (κ2) is 4.10. The van der Waals surface area contributed by atoms with Gasteiger partial charge in [0, 0.05) is 0 Å². The first-order valence-electron chi connectivity index (χ1n) is 5.41. The highest BCUT2D eigenvalue weighted by molar-refractivity contribution is 7.11. The van der Waals surface area contributed by atoms with Gasteiger partial charge in [-0.1, -0.05) is 0 Å². The molecule has 0 radical (unpaired) electrons. The molecule has 17 heavy (non-hydrogen) atoms. The molecule has 1 aliphatic rings. The van der Waals surface area contributed by atoms with Gasteiger partial charge in [-0.3, -0.25) is 4.79 Å². The fraction of sp³-hybridized carbons (Fsp3) is 0.545. The van der Waals surface area contributed by atoms with Crippen molar-refractivity contribution in [2.24, 2.45) is 5.92 Å². The quantitative estimate of drug-likeness (QED) is 0.852. The molecule has 0 aromatic carbocycles. The van der Waals surface area contributed by atoms with E-state index in [1.54, 1.807) is 19.4 Å². The molecule has 1 saturated carbocycles. The Morgan fingerprint density at radius 2 is 2.24 bits per heavy atom. The minimum Gasteiger partial charge on any atom is -0.480 e. The van der Waals surface area contributed by atoms with Crippen LogP contribution < -0.4 is 5.32 Å². The van der Waals surface area contributed by atoms with Crippen LogP contribution in [0.5, 0.6) is 0 Å². The number of carbonyl (C=O) groups excluding carboxylic acids is 1. The van der Waals surface area contributed by atoms with Crippen LogP contribution in [0, 0.1) is 12.8 Å². The third-order valence-electron chi connectivity index (χ3n) is 3.16. The van der Waals surface area contributed by atoms with Gasteiger partial charge in [0.05, 0.1) is 11.2 Å². The van der Waals surface area contributed by atoms with Gasteiger partial charge in [-0.2, -0.15) is 0 Å². The smallest absolute Gasteiger partial charge is 0.329 e. The van der Waals surface area contributed by atoms with Gasteiger partial charge in [-0.25, -0.2) is 9.78 Å². The molecule has 2 rings (SSSR count). The molecule has 2 N–H and O–H groups in total. The molecule has 1 heterocycles. The Bertz CT molecular complexity index is 467. The molecule has 0 saturated heterocycles. The summed E-state index contributed by atoms with van der Waals surface area (Å²) in [6.45, 7) is 3.31. The lowest BCUT2D eigenvalue weighted by molar-refractivity contribution is -0.144. The normalized spacial score (nSPS) is 18.5. The molecule has 0 aliphatic heterocycles. The fourth-order valence-electron chi connectivity index (χ4n) is 1.80. The van der Waals surface area contributed by atoms with E-state index < -0.39 is 11.5 Å². The number of aliphatic carboxylic acids is 1. The van der Waals surface area contributed by atoms with Crippen LogP contribution in [0.4, 0.5) is 0 Å². The van der Waals surface area contributed by atoms with E-state index in [0.29, 0.717) is 10.6 Å². The van der Waals surface area contributed by atoms with Crippen LogP contribution in [-0.4, -0.2) is 27.5 Å². The lowest BCUT2D eigenvalue weighted by Crippen LogP contribution is -2.53. The van der Waals surface area contributed by atoms with Crippen molar-refractivity contribution in [3.8, 4) is 0 Å².